The molecule has 2 atom stereocenters. The van der Waals surface area contributed by atoms with Crippen molar-refractivity contribution in [3.8, 4) is 5.75 Å². The van der Waals surface area contributed by atoms with Gasteiger partial charge in [0.05, 0.1) is 7.11 Å². The van der Waals surface area contributed by atoms with Crippen molar-refractivity contribution in [2.45, 2.75) is 24.9 Å². The van der Waals surface area contributed by atoms with E-state index in [0.717, 1.165) is 5.75 Å². The lowest BCUT2D eigenvalue weighted by atomic mass is 9.93. The number of nitrogens with one attached hydrogen (secondary N) is 1. The van der Waals surface area contributed by atoms with Crippen LogP contribution < -0.4 is 16.0 Å². The first-order chi connectivity index (χ1) is 13.4. The molecule has 2 heterocycles. The van der Waals surface area contributed by atoms with E-state index in [1.54, 1.807) is 7.11 Å². The van der Waals surface area contributed by atoms with Crippen LogP contribution in [0.25, 0.3) is 0 Å². The maximum absolute atomic E-state index is 12.7. The summed E-state index contributed by atoms with van der Waals surface area (Å²) in [5.41, 5.74) is 0.235. The number of likely N-dealkylation sites (tertiary alicyclic amines) is 1. The van der Waals surface area contributed by atoms with Gasteiger partial charge in [-0.05, 0) is 31.8 Å². The largest absolute Gasteiger partial charge is 0.497 e. The second kappa shape index (κ2) is 8.43. The number of H-pyrrole nitrogens is 1. The van der Waals surface area contributed by atoms with Crippen LogP contribution in [0.4, 0.5) is 0 Å². The Hall–Kier alpha value is -2.87. The van der Waals surface area contributed by atoms with E-state index in [2.05, 4.69) is 9.88 Å². The quantitative estimate of drug-likeness (QED) is 0.781. The van der Waals surface area contributed by atoms with E-state index in [1.807, 2.05) is 43.3 Å². The minimum atomic E-state index is -0.496. The molecule has 0 radical (unpaired) electrons. The van der Waals surface area contributed by atoms with Gasteiger partial charge in [0.1, 0.15) is 5.75 Å². The number of hydrogen-bond acceptors (Lipinski definition) is 5. The number of aromatic nitrogens is 2. The molecule has 1 N–H and O–H groups in total. The first-order valence-electron chi connectivity index (χ1n) is 9.27. The average molecular weight is 386 g/mol. The molecule has 0 spiro atoms. The smallest absolute Gasteiger partial charge is 0.328 e. The third-order valence-electron chi connectivity index (χ3n) is 5.31. The van der Waals surface area contributed by atoms with Gasteiger partial charge >= 0.3 is 5.69 Å². The van der Waals surface area contributed by atoms with E-state index in [4.69, 9.17) is 4.74 Å². The number of nitrogens with zero attached hydrogens (tertiary/aromatic N) is 3. The van der Waals surface area contributed by atoms with E-state index < -0.39 is 11.2 Å². The minimum absolute atomic E-state index is 0.000890. The molecule has 2 aromatic rings. The molecule has 8 heteroatoms. The lowest BCUT2D eigenvalue weighted by Crippen LogP contribution is -2.36. The van der Waals surface area contributed by atoms with Crippen LogP contribution in [-0.4, -0.2) is 65.6 Å². The van der Waals surface area contributed by atoms with Crippen LogP contribution in [0.3, 0.4) is 0 Å². The van der Waals surface area contributed by atoms with Crippen LogP contribution in [0.2, 0.25) is 0 Å². The Morgan fingerprint density at radius 3 is 2.50 bits per heavy atom. The summed E-state index contributed by atoms with van der Waals surface area (Å²) in [6.45, 7) is 1.52. The van der Waals surface area contributed by atoms with Gasteiger partial charge in [0.15, 0.2) is 0 Å². The number of rotatable bonds is 6. The third kappa shape index (κ3) is 4.33. The van der Waals surface area contributed by atoms with Gasteiger partial charge in [-0.2, -0.15) is 0 Å². The molecular weight excluding hydrogens is 360 g/mol. The Bertz CT molecular complexity index is 932. The lowest BCUT2D eigenvalue weighted by molar-refractivity contribution is -0.130. The van der Waals surface area contributed by atoms with E-state index in [9.17, 15) is 14.4 Å². The Kier molecular flexibility index (Phi) is 5.99. The maximum Gasteiger partial charge on any atom is 0.328 e. The second-order valence-electron chi connectivity index (χ2n) is 7.26. The predicted molar refractivity (Wildman–Crippen MR) is 106 cm³/mol. The summed E-state index contributed by atoms with van der Waals surface area (Å²) in [5, 5.41) is 0. The van der Waals surface area contributed by atoms with Crippen molar-refractivity contribution in [2.75, 3.05) is 34.3 Å². The maximum atomic E-state index is 12.7. The zero-order valence-electron chi connectivity index (χ0n) is 16.4. The van der Waals surface area contributed by atoms with Gasteiger partial charge in [-0.25, -0.2) is 4.79 Å². The van der Waals surface area contributed by atoms with Crippen LogP contribution in [0.5, 0.6) is 5.75 Å². The van der Waals surface area contributed by atoms with Crippen LogP contribution >= 0.6 is 0 Å². The van der Waals surface area contributed by atoms with Crippen molar-refractivity contribution in [2.24, 2.45) is 0 Å². The summed E-state index contributed by atoms with van der Waals surface area (Å²) in [5.74, 6) is 1.02. The Labute approximate surface area is 163 Å². The number of aryl methyl sites for hydroxylation is 1. The molecular formula is C20H26N4O4. The fraction of sp³-hybridized carbons (Fsp3) is 0.450. The van der Waals surface area contributed by atoms with Crippen molar-refractivity contribution < 1.29 is 9.53 Å². The number of aromatic amines is 1. The molecule has 0 saturated carbocycles. The molecule has 8 nitrogen and oxygen atoms in total. The minimum Gasteiger partial charge on any atom is -0.497 e. The molecule has 1 aliphatic heterocycles. The number of likely N-dealkylation sites (N-methyl/N-ethyl adjacent to an activating group) is 1. The Morgan fingerprint density at radius 1 is 1.18 bits per heavy atom. The first-order valence-corrected chi connectivity index (χ1v) is 9.27. The molecule has 3 rings (SSSR count). The first kappa shape index (κ1) is 19.9. The molecule has 1 fully saturated rings. The average Bonchev–Trinajstić information content (AvgIpc) is 3.13. The molecule has 2 unspecified atom stereocenters. The van der Waals surface area contributed by atoms with Gasteiger partial charge in [-0.3, -0.25) is 14.6 Å². The summed E-state index contributed by atoms with van der Waals surface area (Å²) in [6.07, 6.45) is 1.63. The Morgan fingerprint density at radius 2 is 1.89 bits per heavy atom. The summed E-state index contributed by atoms with van der Waals surface area (Å²) in [7, 11) is 5.69. The topological polar surface area (TPSA) is 87.6 Å². The van der Waals surface area contributed by atoms with Crippen LogP contribution in [0, 0.1) is 0 Å². The van der Waals surface area contributed by atoms with Crippen molar-refractivity contribution in [1.29, 1.82) is 0 Å². The highest BCUT2D eigenvalue weighted by Gasteiger charge is 2.37. The van der Waals surface area contributed by atoms with Gasteiger partial charge in [-0.15, -0.1) is 0 Å². The number of benzene rings is 1. The molecule has 28 heavy (non-hydrogen) atoms. The van der Waals surface area contributed by atoms with Gasteiger partial charge in [-0.1, -0.05) is 12.1 Å². The molecule has 150 valence electrons. The van der Waals surface area contributed by atoms with E-state index >= 15 is 0 Å². The predicted octanol–water partition coefficient (Wildman–Crippen LogP) is 0.492. The highest BCUT2D eigenvalue weighted by Crippen LogP contribution is 2.31. The molecule has 1 amide bonds. The van der Waals surface area contributed by atoms with Gasteiger partial charge in [0.25, 0.3) is 5.56 Å². The number of carbonyl (C=O) groups excluding carboxylic acids is 1. The SMILES string of the molecule is COc1ccc(C2CN(C(=O)CCn3ccc(=O)[nH]c3=O)CC2N(C)C)cc1. The van der Waals surface area contributed by atoms with Crippen LogP contribution in [0.15, 0.2) is 46.1 Å². The highest BCUT2D eigenvalue weighted by atomic mass is 16.5. The van der Waals surface area contributed by atoms with Gasteiger partial charge in [0.2, 0.25) is 5.91 Å². The summed E-state index contributed by atoms with van der Waals surface area (Å²) < 4.78 is 6.58. The Balaban J connectivity index is 1.69. The number of ether oxygens (including phenoxy) is 1. The number of methoxy groups -OCH3 is 1. The molecule has 0 aliphatic carbocycles. The molecule has 1 aromatic carbocycles. The zero-order valence-corrected chi connectivity index (χ0v) is 16.4. The summed E-state index contributed by atoms with van der Waals surface area (Å²) in [4.78, 5) is 41.9. The van der Waals surface area contributed by atoms with Crippen molar-refractivity contribution >= 4 is 5.91 Å². The van der Waals surface area contributed by atoms with Gasteiger partial charge in [0, 0.05) is 50.3 Å². The third-order valence-corrected chi connectivity index (χ3v) is 5.31. The lowest BCUT2D eigenvalue weighted by Gasteiger charge is -2.25. The number of amides is 1. The monoisotopic (exact) mass is 386 g/mol. The number of hydrogen-bond donors (Lipinski definition) is 1. The molecule has 1 aromatic heterocycles. The number of carbonyl (C=O) groups is 1. The van der Waals surface area contributed by atoms with Crippen LogP contribution in [0.1, 0.15) is 17.9 Å². The van der Waals surface area contributed by atoms with E-state index in [-0.39, 0.29) is 30.8 Å². The van der Waals surface area contributed by atoms with Crippen molar-refractivity contribution in [1.82, 2.24) is 19.4 Å². The molecule has 1 aliphatic rings. The summed E-state index contributed by atoms with van der Waals surface area (Å²) in [6, 6.07) is 9.48. The normalized spacial score (nSPS) is 19.2. The fourth-order valence-electron chi connectivity index (χ4n) is 3.69. The second-order valence-corrected chi connectivity index (χ2v) is 7.26. The molecule has 1 saturated heterocycles. The van der Waals surface area contributed by atoms with Crippen molar-refractivity contribution in [3.63, 3.8) is 0 Å². The van der Waals surface area contributed by atoms with Crippen molar-refractivity contribution in [3.05, 3.63) is 62.9 Å². The zero-order chi connectivity index (χ0) is 20.3. The van der Waals surface area contributed by atoms with E-state index in [0.29, 0.717) is 13.1 Å². The summed E-state index contributed by atoms with van der Waals surface area (Å²) >= 11 is 0. The van der Waals surface area contributed by atoms with Crippen LogP contribution in [-0.2, 0) is 11.3 Å². The highest BCUT2D eigenvalue weighted by molar-refractivity contribution is 5.76. The standard InChI is InChI=1S/C20H26N4O4/c1-22(2)17-13-24(12-16(17)14-4-6-15(28-3)7-5-14)19(26)9-11-23-10-8-18(25)21-20(23)27/h4-8,10,16-17H,9,11-13H2,1-3H3,(H,21,25,27). The van der Waals surface area contributed by atoms with Gasteiger partial charge < -0.3 is 19.1 Å². The van der Waals surface area contributed by atoms with E-state index in [1.165, 1.54) is 22.4 Å². The molecule has 0 bridgehead atoms. The fourth-order valence-corrected chi connectivity index (χ4v) is 3.69.